The summed E-state index contributed by atoms with van der Waals surface area (Å²) in [6.45, 7) is 14.2. The van der Waals surface area contributed by atoms with Gasteiger partial charge in [-0.2, -0.15) is 0 Å². The van der Waals surface area contributed by atoms with Gasteiger partial charge in [0.2, 0.25) is 0 Å². The van der Waals surface area contributed by atoms with E-state index in [1.54, 1.807) is 0 Å². The number of allylic oxidation sites excluding steroid dienone is 2. The fraction of sp³-hybridized carbons (Fsp3) is 0.714. The van der Waals surface area contributed by atoms with Gasteiger partial charge in [0, 0.05) is 5.41 Å². The minimum Gasteiger partial charge on any atom is -0.392 e. The third kappa shape index (κ3) is 4.65. The van der Waals surface area contributed by atoms with Crippen LogP contribution >= 0.6 is 0 Å². The molecule has 2 unspecified atom stereocenters. The average Bonchev–Trinajstić information content (AvgIpc) is 2.15. The lowest BCUT2D eigenvalue weighted by Crippen LogP contribution is -2.34. The van der Waals surface area contributed by atoms with Crippen LogP contribution < -0.4 is 0 Å². The maximum Gasteiger partial charge on any atom is 0.0651 e. The second-order valence-corrected chi connectivity index (χ2v) is 5.22. The van der Waals surface area contributed by atoms with Crippen molar-refractivity contribution in [1.82, 2.24) is 0 Å². The fourth-order valence-electron chi connectivity index (χ4n) is 1.80. The Bertz CT molecular complexity index is 223. The maximum atomic E-state index is 10.1. The van der Waals surface area contributed by atoms with Crippen LogP contribution in [0.4, 0.5) is 0 Å². The SMILES string of the molecule is C=CC(C)(CCC=C(C)C)C(O)C(C)C. The van der Waals surface area contributed by atoms with Crippen molar-refractivity contribution in [1.29, 1.82) is 0 Å². The lowest BCUT2D eigenvalue weighted by atomic mass is 9.75. The molecule has 0 aliphatic carbocycles. The first-order valence-electron chi connectivity index (χ1n) is 5.78. The second-order valence-electron chi connectivity index (χ2n) is 5.22. The summed E-state index contributed by atoms with van der Waals surface area (Å²) in [7, 11) is 0. The lowest BCUT2D eigenvalue weighted by Gasteiger charge is -2.33. The predicted molar refractivity (Wildman–Crippen MR) is 67.8 cm³/mol. The molecular formula is C14H26O. The van der Waals surface area contributed by atoms with Crippen LogP contribution in [0.5, 0.6) is 0 Å². The van der Waals surface area contributed by atoms with Crippen LogP contribution in [0.2, 0.25) is 0 Å². The maximum absolute atomic E-state index is 10.1. The molecule has 0 bridgehead atoms. The molecule has 0 amide bonds. The summed E-state index contributed by atoms with van der Waals surface area (Å²) in [5.41, 5.74) is 1.17. The van der Waals surface area contributed by atoms with Gasteiger partial charge in [-0.1, -0.05) is 38.5 Å². The van der Waals surface area contributed by atoms with Crippen LogP contribution in [-0.2, 0) is 0 Å². The smallest absolute Gasteiger partial charge is 0.0651 e. The Hall–Kier alpha value is -0.560. The number of aliphatic hydroxyl groups is 1. The van der Waals surface area contributed by atoms with Crippen LogP contribution in [0.3, 0.4) is 0 Å². The quantitative estimate of drug-likeness (QED) is 0.658. The standard InChI is InChI=1S/C14H26O/c1-7-14(6,13(15)12(4)5)10-8-9-11(2)3/h7,9,12-13,15H,1,8,10H2,2-6H3. The molecule has 0 saturated carbocycles. The van der Waals surface area contributed by atoms with Crippen molar-refractivity contribution < 1.29 is 5.11 Å². The molecule has 0 aromatic carbocycles. The molecule has 15 heavy (non-hydrogen) atoms. The predicted octanol–water partition coefficient (Wildman–Crippen LogP) is 3.94. The highest BCUT2D eigenvalue weighted by Crippen LogP contribution is 2.33. The Balaban J connectivity index is 4.44. The third-order valence-corrected chi connectivity index (χ3v) is 3.01. The molecule has 0 radical (unpaired) electrons. The number of hydrogen-bond acceptors (Lipinski definition) is 1. The van der Waals surface area contributed by atoms with Crippen molar-refractivity contribution in [3.05, 3.63) is 24.3 Å². The first-order valence-corrected chi connectivity index (χ1v) is 5.78. The van der Waals surface area contributed by atoms with Gasteiger partial charge in [0.15, 0.2) is 0 Å². The second kappa shape index (κ2) is 6.12. The van der Waals surface area contributed by atoms with Gasteiger partial charge < -0.3 is 5.11 Å². The van der Waals surface area contributed by atoms with E-state index in [2.05, 4.69) is 33.4 Å². The average molecular weight is 210 g/mol. The third-order valence-electron chi connectivity index (χ3n) is 3.01. The van der Waals surface area contributed by atoms with Crippen LogP contribution in [0, 0.1) is 11.3 Å². The number of aliphatic hydroxyl groups excluding tert-OH is 1. The molecule has 1 nitrogen and oxygen atoms in total. The summed E-state index contributed by atoms with van der Waals surface area (Å²) in [4.78, 5) is 0. The minimum absolute atomic E-state index is 0.167. The topological polar surface area (TPSA) is 20.2 Å². The Morgan fingerprint density at radius 1 is 1.40 bits per heavy atom. The van der Waals surface area contributed by atoms with Gasteiger partial charge in [-0.05, 0) is 32.6 Å². The number of hydrogen-bond donors (Lipinski definition) is 1. The van der Waals surface area contributed by atoms with Gasteiger partial charge in [-0.3, -0.25) is 0 Å². The Morgan fingerprint density at radius 3 is 2.27 bits per heavy atom. The first-order chi connectivity index (χ1) is 6.83. The molecule has 1 heteroatoms. The molecule has 0 rings (SSSR count). The van der Waals surface area contributed by atoms with Crippen LogP contribution in [0.25, 0.3) is 0 Å². The van der Waals surface area contributed by atoms with Crippen molar-refractivity contribution in [3.8, 4) is 0 Å². The van der Waals surface area contributed by atoms with Crippen molar-refractivity contribution in [2.24, 2.45) is 11.3 Å². The van der Waals surface area contributed by atoms with E-state index in [1.807, 2.05) is 19.9 Å². The molecule has 1 N–H and O–H groups in total. The zero-order valence-corrected chi connectivity index (χ0v) is 10.9. The normalized spacial score (nSPS) is 17.0. The van der Waals surface area contributed by atoms with Crippen molar-refractivity contribution in [3.63, 3.8) is 0 Å². The molecule has 0 heterocycles. The van der Waals surface area contributed by atoms with Crippen LogP contribution in [0.15, 0.2) is 24.3 Å². The fourth-order valence-corrected chi connectivity index (χ4v) is 1.80. The zero-order chi connectivity index (χ0) is 12.1. The van der Waals surface area contributed by atoms with Gasteiger partial charge in [0.1, 0.15) is 0 Å². The Kier molecular flexibility index (Phi) is 5.89. The molecule has 0 saturated heterocycles. The minimum atomic E-state index is -0.305. The molecule has 0 aromatic rings. The van der Waals surface area contributed by atoms with E-state index in [0.717, 1.165) is 12.8 Å². The van der Waals surface area contributed by atoms with E-state index in [-0.39, 0.29) is 17.4 Å². The van der Waals surface area contributed by atoms with Gasteiger partial charge in [0.05, 0.1) is 6.10 Å². The summed E-state index contributed by atoms with van der Waals surface area (Å²) in [6, 6.07) is 0. The van der Waals surface area contributed by atoms with Crippen LogP contribution in [0.1, 0.15) is 47.5 Å². The van der Waals surface area contributed by atoms with E-state index in [9.17, 15) is 5.11 Å². The van der Waals surface area contributed by atoms with Crippen molar-refractivity contribution in [2.45, 2.75) is 53.6 Å². The largest absolute Gasteiger partial charge is 0.392 e. The molecule has 0 aliphatic heterocycles. The molecule has 2 atom stereocenters. The summed E-state index contributed by atoms with van der Waals surface area (Å²) in [5.74, 6) is 0.278. The van der Waals surface area contributed by atoms with Gasteiger partial charge >= 0.3 is 0 Å². The Morgan fingerprint density at radius 2 is 1.93 bits per heavy atom. The van der Waals surface area contributed by atoms with Gasteiger partial charge in [-0.25, -0.2) is 0 Å². The van der Waals surface area contributed by atoms with E-state index < -0.39 is 0 Å². The summed E-state index contributed by atoms with van der Waals surface area (Å²) >= 11 is 0. The molecule has 0 spiro atoms. The van der Waals surface area contributed by atoms with E-state index in [1.165, 1.54) is 5.57 Å². The molecule has 88 valence electrons. The van der Waals surface area contributed by atoms with Gasteiger partial charge in [-0.15, -0.1) is 6.58 Å². The highest BCUT2D eigenvalue weighted by Gasteiger charge is 2.31. The van der Waals surface area contributed by atoms with Gasteiger partial charge in [0.25, 0.3) is 0 Å². The van der Waals surface area contributed by atoms with Crippen molar-refractivity contribution >= 4 is 0 Å². The first kappa shape index (κ1) is 14.4. The molecular weight excluding hydrogens is 184 g/mol. The summed E-state index contributed by atoms with van der Waals surface area (Å²) in [6.07, 6.45) is 5.78. The van der Waals surface area contributed by atoms with Crippen molar-refractivity contribution in [2.75, 3.05) is 0 Å². The van der Waals surface area contributed by atoms with Crippen LogP contribution in [-0.4, -0.2) is 11.2 Å². The monoisotopic (exact) mass is 210 g/mol. The Labute approximate surface area is 94.9 Å². The van der Waals surface area contributed by atoms with E-state index >= 15 is 0 Å². The lowest BCUT2D eigenvalue weighted by molar-refractivity contribution is 0.0267. The highest BCUT2D eigenvalue weighted by molar-refractivity contribution is 5.01. The number of rotatable bonds is 6. The molecule has 0 fully saturated rings. The zero-order valence-electron chi connectivity index (χ0n) is 10.9. The summed E-state index contributed by atoms with van der Waals surface area (Å²) in [5, 5.41) is 10.1. The summed E-state index contributed by atoms with van der Waals surface area (Å²) < 4.78 is 0. The highest BCUT2D eigenvalue weighted by atomic mass is 16.3. The molecule has 0 aromatic heterocycles. The van der Waals surface area contributed by atoms with E-state index in [4.69, 9.17) is 0 Å². The molecule has 0 aliphatic rings. The van der Waals surface area contributed by atoms with E-state index in [0.29, 0.717) is 0 Å².